The molecule has 1 heterocycles. The minimum atomic E-state index is -0.190. The molecule has 0 saturated carbocycles. The maximum absolute atomic E-state index is 12.3. The molecule has 1 aromatic rings. The average molecular weight is 261 g/mol. The lowest BCUT2D eigenvalue weighted by Crippen LogP contribution is -2.45. The summed E-state index contributed by atoms with van der Waals surface area (Å²) in [5, 5.41) is 2.55. The van der Waals surface area contributed by atoms with Gasteiger partial charge in [0, 0.05) is 37.3 Å². The molecule has 2 amide bonds. The molecule has 1 atom stereocenters. The highest BCUT2D eigenvalue weighted by atomic mass is 16.2. The van der Waals surface area contributed by atoms with E-state index in [1.807, 2.05) is 0 Å². The van der Waals surface area contributed by atoms with Crippen LogP contribution in [0.5, 0.6) is 0 Å². The van der Waals surface area contributed by atoms with Gasteiger partial charge in [0.1, 0.15) is 0 Å². The number of carbonyl (C=O) groups is 2. The van der Waals surface area contributed by atoms with Crippen molar-refractivity contribution in [1.82, 2.24) is 10.2 Å². The summed E-state index contributed by atoms with van der Waals surface area (Å²) in [5.74, 6) is -0.245. The van der Waals surface area contributed by atoms with E-state index in [-0.39, 0.29) is 17.9 Å². The number of hydrogen-bond donors (Lipinski definition) is 2. The molecule has 1 aliphatic rings. The maximum Gasteiger partial charge on any atom is 0.253 e. The summed E-state index contributed by atoms with van der Waals surface area (Å²) in [5.41, 5.74) is 6.91. The lowest BCUT2D eigenvalue weighted by molar-refractivity contribution is 0.0709. The van der Waals surface area contributed by atoms with E-state index < -0.39 is 0 Å². The SMILES string of the molecule is CNC(=O)c1cccc(C(=O)N2CCCC(N)C2)c1. The predicted molar refractivity (Wildman–Crippen MR) is 72.9 cm³/mol. The van der Waals surface area contributed by atoms with Crippen molar-refractivity contribution in [2.75, 3.05) is 20.1 Å². The van der Waals surface area contributed by atoms with Crippen LogP contribution >= 0.6 is 0 Å². The van der Waals surface area contributed by atoms with Gasteiger partial charge in [0.15, 0.2) is 0 Å². The van der Waals surface area contributed by atoms with E-state index in [0.717, 1.165) is 19.4 Å². The number of nitrogens with one attached hydrogen (secondary N) is 1. The first-order valence-electron chi connectivity index (χ1n) is 6.49. The van der Waals surface area contributed by atoms with Crippen LogP contribution in [0.1, 0.15) is 33.6 Å². The summed E-state index contributed by atoms with van der Waals surface area (Å²) >= 11 is 0. The summed E-state index contributed by atoms with van der Waals surface area (Å²) in [6.07, 6.45) is 1.89. The van der Waals surface area contributed by atoms with E-state index in [1.165, 1.54) is 0 Å². The third-order valence-corrected chi connectivity index (χ3v) is 3.34. The van der Waals surface area contributed by atoms with E-state index in [4.69, 9.17) is 5.73 Å². The van der Waals surface area contributed by atoms with Crippen molar-refractivity contribution >= 4 is 11.8 Å². The Kier molecular flexibility index (Phi) is 4.16. The number of piperidine rings is 1. The molecule has 0 radical (unpaired) electrons. The van der Waals surface area contributed by atoms with Crippen molar-refractivity contribution in [3.8, 4) is 0 Å². The van der Waals surface area contributed by atoms with Crippen molar-refractivity contribution in [3.05, 3.63) is 35.4 Å². The number of nitrogens with zero attached hydrogens (tertiary/aromatic N) is 1. The molecule has 102 valence electrons. The largest absolute Gasteiger partial charge is 0.355 e. The number of likely N-dealkylation sites (tertiary alicyclic amines) is 1. The Morgan fingerprint density at radius 3 is 2.79 bits per heavy atom. The first-order chi connectivity index (χ1) is 9.11. The molecule has 1 aliphatic heterocycles. The van der Waals surface area contributed by atoms with Gasteiger partial charge in [-0.15, -0.1) is 0 Å². The van der Waals surface area contributed by atoms with Crippen LogP contribution in [-0.4, -0.2) is 42.9 Å². The third-order valence-electron chi connectivity index (χ3n) is 3.34. The van der Waals surface area contributed by atoms with Crippen LogP contribution in [-0.2, 0) is 0 Å². The van der Waals surface area contributed by atoms with E-state index in [9.17, 15) is 9.59 Å². The van der Waals surface area contributed by atoms with Gasteiger partial charge in [-0.2, -0.15) is 0 Å². The second kappa shape index (κ2) is 5.84. The zero-order chi connectivity index (χ0) is 13.8. The van der Waals surface area contributed by atoms with Gasteiger partial charge >= 0.3 is 0 Å². The number of benzene rings is 1. The highest BCUT2D eigenvalue weighted by Crippen LogP contribution is 2.14. The van der Waals surface area contributed by atoms with Crippen molar-refractivity contribution in [2.24, 2.45) is 5.73 Å². The van der Waals surface area contributed by atoms with Gasteiger partial charge in [0.25, 0.3) is 11.8 Å². The number of nitrogens with two attached hydrogens (primary N) is 1. The summed E-state index contributed by atoms with van der Waals surface area (Å²) in [6.45, 7) is 1.32. The molecule has 5 nitrogen and oxygen atoms in total. The molecule has 3 N–H and O–H groups in total. The van der Waals surface area contributed by atoms with E-state index in [1.54, 1.807) is 36.2 Å². The molecule has 19 heavy (non-hydrogen) atoms. The first kappa shape index (κ1) is 13.5. The Labute approximate surface area is 112 Å². The van der Waals surface area contributed by atoms with Crippen LogP contribution in [0.15, 0.2) is 24.3 Å². The summed E-state index contributed by atoms with van der Waals surface area (Å²) in [6, 6.07) is 6.83. The molecule has 1 aromatic carbocycles. The minimum absolute atomic E-state index is 0.0547. The topological polar surface area (TPSA) is 75.4 Å². The zero-order valence-corrected chi connectivity index (χ0v) is 11.1. The molecule has 2 rings (SSSR count). The van der Waals surface area contributed by atoms with Crippen molar-refractivity contribution in [3.63, 3.8) is 0 Å². The molecular formula is C14H19N3O2. The summed E-state index contributed by atoms with van der Waals surface area (Å²) in [4.78, 5) is 25.7. The molecule has 1 saturated heterocycles. The van der Waals surface area contributed by atoms with Crippen LogP contribution in [0.4, 0.5) is 0 Å². The molecule has 5 heteroatoms. The number of carbonyl (C=O) groups excluding carboxylic acids is 2. The first-order valence-corrected chi connectivity index (χ1v) is 6.49. The van der Waals surface area contributed by atoms with Crippen molar-refractivity contribution < 1.29 is 9.59 Å². The van der Waals surface area contributed by atoms with E-state index >= 15 is 0 Å². The monoisotopic (exact) mass is 261 g/mol. The Morgan fingerprint density at radius 2 is 2.11 bits per heavy atom. The Morgan fingerprint density at radius 1 is 1.37 bits per heavy atom. The number of hydrogen-bond acceptors (Lipinski definition) is 3. The third kappa shape index (κ3) is 3.12. The maximum atomic E-state index is 12.3. The molecule has 0 bridgehead atoms. The van der Waals surface area contributed by atoms with Gasteiger partial charge in [0.2, 0.25) is 0 Å². The second-order valence-electron chi connectivity index (χ2n) is 4.81. The van der Waals surface area contributed by atoms with Gasteiger partial charge < -0.3 is 16.0 Å². The molecule has 0 aliphatic carbocycles. The van der Waals surface area contributed by atoms with Gasteiger partial charge in [-0.05, 0) is 31.0 Å². The highest BCUT2D eigenvalue weighted by Gasteiger charge is 2.22. The van der Waals surface area contributed by atoms with Crippen LogP contribution < -0.4 is 11.1 Å². The lowest BCUT2D eigenvalue weighted by Gasteiger charge is -2.30. The highest BCUT2D eigenvalue weighted by molar-refractivity contribution is 5.99. The smallest absolute Gasteiger partial charge is 0.253 e. The molecule has 1 fully saturated rings. The van der Waals surface area contributed by atoms with E-state index in [0.29, 0.717) is 17.7 Å². The fraction of sp³-hybridized carbons (Fsp3) is 0.429. The average Bonchev–Trinajstić information content (AvgIpc) is 2.45. The van der Waals surface area contributed by atoms with Crippen LogP contribution in [0, 0.1) is 0 Å². The van der Waals surface area contributed by atoms with Crippen LogP contribution in [0.25, 0.3) is 0 Å². The molecule has 0 spiro atoms. The molecular weight excluding hydrogens is 242 g/mol. The lowest BCUT2D eigenvalue weighted by atomic mass is 10.0. The van der Waals surface area contributed by atoms with Crippen molar-refractivity contribution in [2.45, 2.75) is 18.9 Å². The number of amides is 2. The Balaban J connectivity index is 2.16. The van der Waals surface area contributed by atoms with Crippen LogP contribution in [0.2, 0.25) is 0 Å². The van der Waals surface area contributed by atoms with Gasteiger partial charge in [-0.3, -0.25) is 9.59 Å². The zero-order valence-electron chi connectivity index (χ0n) is 11.1. The Hall–Kier alpha value is -1.88. The fourth-order valence-corrected chi connectivity index (χ4v) is 2.31. The summed E-state index contributed by atoms with van der Waals surface area (Å²) < 4.78 is 0. The number of rotatable bonds is 2. The predicted octanol–water partition coefficient (Wildman–Crippen LogP) is 0.610. The quantitative estimate of drug-likeness (QED) is 0.819. The van der Waals surface area contributed by atoms with E-state index in [2.05, 4.69) is 5.32 Å². The molecule has 0 aromatic heterocycles. The summed E-state index contributed by atoms with van der Waals surface area (Å²) in [7, 11) is 1.57. The minimum Gasteiger partial charge on any atom is -0.355 e. The van der Waals surface area contributed by atoms with Gasteiger partial charge in [-0.25, -0.2) is 0 Å². The normalized spacial score (nSPS) is 19.1. The standard InChI is InChI=1S/C14H19N3O2/c1-16-13(18)10-4-2-5-11(8-10)14(19)17-7-3-6-12(15)9-17/h2,4-5,8,12H,3,6-7,9,15H2,1H3,(H,16,18). The molecule has 1 unspecified atom stereocenters. The van der Waals surface area contributed by atoms with Gasteiger partial charge in [0.05, 0.1) is 0 Å². The van der Waals surface area contributed by atoms with Gasteiger partial charge in [-0.1, -0.05) is 6.07 Å². The van der Waals surface area contributed by atoms with Crippen LogP contribution in [0.3, 0.4) is 0 Å². The second-order valence-corrected chi connectivity index (χ2v) is 4.81. The fourth-order valence-electron chi connectivity index (χ4n) is 2.31. The van der Waals surface area contributed by atoms with Crippen molar-refractivity contribution in [1.29, 1.82) is 0 Å². The Bertz CT molecular complexity index is 487.